The Morgan fingerprint density at radius 3 is 2.58 bits per heavy atom. The van der Waals surface area contributed by atoms with Gasteiger partial charge in [0.15, 0.2) is 5.78 Å². The maximum Gasteiger partial charge on any atom is 0.159 e. The second kappa shape index (κ2) is 4.09. The van der Waals surface area contributed by atoms with Gasteiger partial charge in [-0.25, -0.2) is 0 Å². The maximum absolute atomic E-state index is 12.0. The highest BCUT2D eigenvalue weighted by Crippen LogP contribution is 2.58. The summed E-state index contributed by atoms with van der Waals surface area (Å²) >= 11 is 0. The van der Waals surface area contributed by atoms with Crippen molar-refractivity contribution in [2.24, 2.45) is 17.3 Å². The highest BCUT2D eigenvalue weighted by Gasteiger charge is 2.54. The van der Waals surface area contributed by atoms with E-state index in [1.165, 1.54) is 0 Å². The molecule has 2 bridgehead atoms. The Balaban J connectivity index is 1.89. The average Bonchev–Trinajstić information content (AvgIpc) is 2.36. The van der Waals surface area contributed by atoms with Crippen molar-refractivity contribution in [2.45, 2.75) is 20.3 Å². The number of phenolic OH excluding ortho intramolecular Hbond substituents is 1. The van der Waals surface area contributed by atoms with Gasteiger partial charge >= 0.3 is 0 Å². The van der Waals surface area contributed by atoms with Crippen molar-refractivity contribution in [3.8, 4) is 5.75 Å². The van der Waals surface area contributed by atoms with Crippen molar-refractivity contribution in [3.05, 3.63) is 47.6 Å². The molecule has 1 fully saturated rings. The van der Waals surface area contributed by atoms with Gasteiger partial charge in [0.05, 0.1) is 0 Å². The number of carbonyl (C=O) groups is 1. The van der Waals surface area contributed by atoms with E-state index >= 15 is 0 Å². The summed E-state index contributed by atoms with van der Waals surface area (Å²) < 4.78 is 0. The normalized spacial score (nSPS) is 28.1. The van der Waals surface area contributed by atoms with Gasteiger partial charge in [0.1, 0.15) is 5.75 Å². The third kappa shape index (κ3) is 1.83. The molecule has 0 unspecified atom stereocenters. The topological polar surface area (TPSA) is 37.3 Å². The molecule has 3 aliphatic carbocycles. The minimum absolute atomic E-state index is 0.0875. The molecule has 1 aromatic rings. The third-order valence-electron chi connectivity index (χ3n) is 4.71. The van der Waals surface area contributed by atoms with Crippen LogP contribution >= 0.6 is 0 Å². The highest BCUT2D eigenvalue weighted by molar-refractivity contribution is 5.96. The van der Waals surface area contributed by atoms with Gasteiger partial charge in [-0.05, 0) is 35.5 Å². The average molecular weight is 254 g/mol. The summed E-state index contributed by atoms with van der Waals surface area (Å²) in [6, 6.07) is 7.23. The molecule has 0 radical (unpaired) electrons. The van der Waals surface area contributed by atoms with Crippen LogP contribution in [0.2, 0.25) is 0 Å². The van der Waals surface area contributed by atoms with E-state index in [0.29, 0.717) is 5.92 Å². The Morgan fingerprint density at radius 2 is 1.95 bits per heavy atom. The molecular formula is C17H18O2. The van der Waals surface area contributed by atoms with Crippen LogP contribution in [0.4, 0.5) is 0 Å². The standard InChI is InChI=1S/C17H18O2/c1-17(2)13-10-14(17)16(19)9-12(13)8-7-11-5-3-4-6-15(11)18/h3-9,13-14,18H,10H2,1-2H3/b8-7+/t13-,14-/m1/s1. The lowest BCUT2D eigenvalue weighted by atomic mass is 9.48. The van der Waals surface area contributed by atoms with Crippen molar-refractivity contribution in [1.29, 1.82) is 0 Å². The van der Waals surface area contributed by atoms with Crippen molar-refractivity contribution in [1.82, 2.24) is 0 Å². The van der Waals surface area contributed by atoms with Crippen LogP contribution in [0.1, 0.15) is 25.8 Å². The van der Waals surface area contributed by atoms with E-state index in [0.717, 1.165) is 17.6 Å². The molecule has 0 saturated heterocycles. The first kappa shape index (κ1) is 12.2. The highest BCUT2D eigenvalue weighted by atomic mass is 16.3. The van der Waals surface area contributed by atoms with Crippen LogP contribution in [0.5, 0.6) is 5.75 Å². The van der Waals surface area contributed by atoms with E-state index in [2.05, 4.69) is 13.8 Å². The zero-order chi connectivity index (χ0) is 13.6. The number of para-hydroxylation sites is 1. The number of phenols is 1. The van der Waals surface area contributed by atoms with Crippen LogP contribution in [0.25, 0.3) is 6.08 Å². The fourth-order valence-electron chi connectivity index (χ4n) is 3.32. The van der Waals surface area contributed by atoms with Crippen molar-refractivity contribution >= 4 is 11.9 Å². The Bertz CT molecular complexity index is 593. The number of hydrogen-bond acceptors (Lipinski definition) is 2. The van der Waals surface area contributed by atoms with Crippen LogP contribution in [-0.2, 0) is 4.79 Å². The summed E-state index contributed by atoms with van der Waals surface area (Å²) in [7, 11) is 0. The van der Waals surface area contributed by atoms with E-state index in [-0.39, 0.29) is 22.9 Å². The van der Waals surface area contributed by atoms with Crippen LogP contribution in [0, 0.1) is 17.3 Å². The van der Waals surface area contributed by atoms with Gasteiger partial charge in [-0.1, -0.05) is 44.2 Å². The number of carbonyl (C=O) groups excluding carboxylic acids is 1. The number of ketones is 1. The van der Waals surface area contributed by atoms with E-state index in [9.17, 15) is 9.90 Å². The second-order valence-corrected chi connectivity index (χ2v) is 6.10. The second-order valence-electron chi connectivity index (χ2n) is 6.10. The number of aromatic hydroxyl groups is 1. The minimum Gasteiger partial charge on any atom is -0.507 e. The van der Waals surface area contributed by atoms with Gasteiger partial charge < -0.3 is 5.11 Å². The predicted octanol–water partition coefficient (Wildman–Crippen LogP) is 3.58. The number of rotatable bonds is 2. The predicted molar refractivity (Wildman–Crippen MR) is 75.6 cm³/mol. The molecule has 0 aliphatic heterocycles. The molecule has 1 N–H and O–H groups in total. The first-order chi connectivity index (χ1) is 9.00. The molecule has 1 saturated carbocycles. The van der Waals surface area contributed by atoms with Crippen molar-refractivity contribution in [2.75, 3.05) is 0 Å². The van der Waals surface area contributed by atoms with Gasteiger partial charge in [-0.15, -0.1) is 0 Å². The summed E-state index contributed by atoms with van der Waals surface area (Å²) in [5.41, 5.74) is 1.97. The lowest BCUT2D eigenvalue weighted by Crippen LogP contribution is -2.52. The summed E-state index contributed by atoms with van der Waals surface area (Å²) in [5, 5.41) is 9.73. The molecule has 0 aromatic heterocycles. The molecule has 4 rings (SSSR count). The molecule has 0 heterocycles. The number of benzene rings is 1. The molecule has 3 aliphatic rings. The summed E-state index contributed by atoms with van der Waals surface area (Å²) in [5.74, 6) is 1.20. The Kier molecular flexibility index (Phi) is 2.63. The monoisotopic (exact) mass is 254 g/mol. The van der Waals surface area contributed by atoms with Crippen LogP contribution in [-0.4, -0.2) is 10.9 Å². The molecule has 98 valence electrons. The number of hydrogen-bond donors (Lipinski definition) is 1. The molecule has 2 nitrogen and oxygen atoms in total. The quantitative estimate of drug-likeness (QED) is 0.876. The van der Waals surface area contributed by atoms with Gasteiger partial charge in [0.2, 0.25) is 0 Å². The van der Waals surface area contributed by atoms with Crippen molar-refractivity contribution in [3.63, 3.8) is 0 Å². The summed E-state index contributed by atoms with van der Waals surface area (Å²) in [6.45, 7) is 4.34. The molecular weight excluding hydrogens is 236 g/mol. The van der Waals surface area contributed by atoms with Gasteiger partial charge in [0.25, 0.3) is 0 Å². The van der Waals surface area contributed by atoms with E-state index in [1.54, 1.807) is 18.2 Å². The molecule has 2 atom stereocenters. The first-order valence-corrected chi connectivity index (χ1v) is 6.71. The lowest BCUT2D eigenvalue weighted by molar-refractivity contribution is -0.133. The largest absolute Gasteiger partial charge is 0.507 e. The van der Waals surface area contributed by atoms with Gasteiger partial charge in [-0.2, -0.15) is 0 Å². The van der Waals surface area contributed by atoms with E-state index in [4.69, 9.17) is 0 Å². The van der Waals surface area contributed by atoms with Gasteiger partial charge in [-0.3, -0.25) is 4.79 Å². The van der Waals surface area contributed by atoms with Crippen molar-refractivity contribution < 1.29 is 9.90 Å². The maximum atomic E-state index is 12.0. The molecule has 19 heavy (non-hydrogen) atoms. The number of fused-ring (bicyclic) bond motifs is 1. The Hall–Kier alpha value is -1.83. The fraction of sp³-hybridized carbons (Fsp3) is 0.353. The smallest absolute Gasteiger partial charge is 0.159 e. The van der Waals surface area contributed by atoms with E-state index < -0.39 is 0 Å². The molecule has 0 amide bonds. The molecule has 1 aromatic carbocycles. The Labute approximate surface area is 113 Å². The fourth-order valence-corrected chi connectivity index (χ4v) is 3.32. The minimum atomic E-state index is 0.0875. The summed E-state index contributed by atoms with van der Waals surface area (Å²) in [4.78, 5) is 12.0. The summed E-state index contributed by atoms with van der Waals surface area (Å²) in [6.07, 6.45) is 6.63. The zero-order valence-corrected chi connectivity index (χ0v) is 11.3. The van der Waals surface area contributed by atoms with Gasteiger partial charge in [0, 0.05) is 11.5 Å². The molecule has 0 spiro atoms. The SMILES string of the molecule is CC1(C)[C@@H]2C[C@@H]1C(/C=C/c1ccccc1O)=CC2=O. The van der Waals surface area contributed by atoms with Crippen LogP contribution in [0.3, 0.4) is 0 Å². The third-order valence-corrected chi connectivity index (χ3v) is 4.71. The number of allylic oxidation sites excluding steroid dienone is 3. The molecule has 2 heteroatoms. The lowest BCUT2D eigenvalue weighted by Gasteiger charge is -2.54. The Morgan fingerprint density at radius 1 is 1.21 bits per heavy atom. The zero-order valence-electron chi connectivity index (χ0n) is 11.3. The van der Waals surface area contributed by atoms with Crippen LogP contribution < -0.4 is 0 Å². The first-order valence-electron chi connectivity index (χ1n) is 6.71. The van der Waals surface area contributed by atoms with Crippen LogP contribution in [0.15, 0.2) is 42.0 Å². The van der Waals surface area contributed by atoms with E-state index in [1.807, 2.05) is 24.3 Å².